The molecule has 0 spiro atoms. The molecule has 2 heterocycles. The lowest BCUT2D eigenvalue weighted by Gasteiger charge is -2.46. The Morgan fingerprint density at radius 3 is 2.00 bits per heavy atom. The predicted octanol–water partition coefficient (Wildman–Crippen LogP) is 6.49. The van der Waals surface area contributed by atoms with E-state index < -0.39 is 0 Å². The van der Waals surface area contributed by atoms with Crippen LogP contribution < -0.4 is 5.32 Å². The van der Waals surface area contributed by atoms with E-state index in [1.54, 1.807) is 0 Å². The summed E-state index contributed by atoms with van der Waals surface area (Å²) in [5.74, 6) is 1.25. The van der Waals surface area contributed by atoms with Gasteiger partial charge in [0.1, 0.15) is 0 Å². The van der Waals surface area contributed by atoms with Crippen molar-refractivity contribution in [3.8, 4) is 0 Å². The summed E-state index contributed by atoms with van der Waals surface area (Å²) in [6, 6.07) is 32.6. The van der Waals surface area contributed by atoms with E-state index in [0.717, 1.165) is 6.42 Å². The van der Waals surface area contributed by atoms with Crippen LogP contribution in [0.1, 0.15) is 54.1 Å². The molecule has 35 heavy (non-hydrogen) atoms. The van der Waals surface area contributed by atoms with Gasteiger partial charge in [0.15, 0.2) is 0 Å². The van der Waals surface area contributed by atoms with Crippen LogP contribution in [0.2, 0.25) is 0 Å². The maximum Gasteiger partial charge on any atom is 0.251 e. The summed E-state index contributed by atoms with van der Waals surface area (Å²) in [5.41, 5.74) is 3.01. The number of nitrogens with zero attached hydrogens (tertiary/aromatic N) is 1. The molecule has 5 rings (SSSR count). The number of halogens is 1. The number of hydrogen-bond acceptors (Lipinski definition) is 2. The molecule has 4 unspecified atom stereocenters. The maximum absolute atomic E-state index is 13.1. The maximum atomic E-state index is 13.1. The van der Waals surface area contributed by atoms with Crippen molar-refractivity contribution in [2.75, 3.05) is 13.6 Å². The number of hydrogen-bond donors (Lipinski definition) is 1. The van der Waals surface area contributed by atoms with Gasteiger partial charge in [0, 0.05) is 29.6 Å². The lowest BCUT2D eigenvalue weighted by molar-refractivity contribution is 0.0630. The summed E-state index contributed by atoms with van der Waals surface area (Å²) < 4.78 is 0. The van der Waals surface area contributed by atoms with Gasteiger partial charge in [0.05, 0.1) is 0 Å². The monoisotopic (exact) mass is 532 g/mol. The molecule has 3 aromatic carbocycles. The van der Waals surface area contributed by atoms with Crippen LogP contribution in [0.15, 0.2) is 91.0 Å². The highest BCUT2D eigenvalue weighted by atomic mass is 79.9. The Bertz CT molecular complexity index is 1050. The van der Waals surface area contributed by atoms with E-state index >= 15 is 0 Å². The quantitative estimate of drug-likeness (QED) is 0.377. The second-order valence-corrected chi connectivity index (χ2v) is 10.4. The molecule has 1 N–H and O–H groups in total. The van der Waals surface area contributed by atoms with E-state index in [4.69, 9.17) is 0 Å². The molecule has 0 radical (unpaired) electrons. The smallest absolute Gasteiger partial charge is 0.251 e. The van der Waals surface area contributed by atoms with Gasteiger partial charge in [-0.1, -0.05) is 85.8 Å². The van der Waals surface area contributed by atoms with Crippen LogP contribution in [-0.4, -0.2) is 36.5 Å². The van der Waals surface area contributed by atoms with Crippen LogP contribution in [0.25, 0.3) is 0 Å². The fraction of sp³-hybridized carbons (Fsp3) is 0.387. The molecule has 2 bridgehead atoms. The molecule has 2 aliphatic heterocycles. The summed E-state index contributed by atoms with van der Waals surface area (Å²) in [4.78, 5) is 15.8. The van der Waals surface area contributed by atoms with Crippen molar-refractivity contribution >= 4 is 22.9 Å². The van der Waals surface area contributed by atoms with Crippen LogP contribution in [0, 0.1) is 11.8 Å². The molecule has 0 saturated carbocycles. The minimum absolute atomic E-state index is 0. The Balaban J connectivity index is 0.00000289. The molecule has 3 aromatic rings. The second kappa shape index (κ2) is 11.1. The summed E-state index contributed by atoms with van der Waals surface area (Å²) in [5, 5.41) is 3.34. The van der Waals surface area contributed by atoms with Gasteiger partial charge in [-0.25, -0.2) is 0 Å². The van der Waals surface area contributed by atoms with Crippen LogP contribution in [0.3, 0.4) is 0 Å². The van der Waals surface area contributed by atoms with Gasteiger partial charge in [0.25, 0.3) is 5.91 Å². The third-order valence-electron chi connectivity index (χ3n) is 8.67. The molecule has 0 aliphatic carbocycles. The van der Waals surface area contributed by atoms with Crippen LogP contribution in [-0.2, 0) is 5.41 Å². The number of carbonyl (C=O) groups is 1. The lowest BCUT2D eigenvalue weighted by Crippen LogP contribution is -2.49. The van der Waals surface area contributed by atoms with Crippen molar-refractivity contribution < 1.29 is 4.79 Å². The largest absolute Gasteiger partial charge is 0.351 e. The fourth-order valence-electron chi connectivity index (χ4n) is 6.67. The van der Waals surface area contributed by atoms with Gasteiger partial charge in [-0.15, -0.1) is 17.0 Å². The van der Waals surface area contributed by atoms with Gasteiger partial charge in [-0.2, -0.15) is 0 Å². The lowest BCUT2D eigenvalue weighted by atomic mass is 9.64. The van der Waals surface area contributed by atoms with Gasteiger partial charge >= 0.3 is 0 Å². The molecular weight excluding hydrogens is 496 g/mol. The number of fused-ring (bicyclic) bond motifs is 2. The van der Waals surface area contributed by atoms with Gasteiger partial charge < -0.3 is 10.2 Å². The third kappa shape index (κ3) is 5.10. The van der Waals surface area contributed by atoms with E-state index in [-0.39, 0.29) is 28.3 Å². The zero-order valence-electron chi connectivity index (χ0n) is 20.8. The number of piperidine rings is 1. The summed E-state index contributed by atoms with van der Waals surface area (Å²) >= 11 is 0. The fourth-order valence-corrected chi connectivity index (χ4v) is 6.67. The van der Waals surface area contributed by atoms with Crippen molar-refractivity contribution in [3.63, 3.8) is 0 Å². The van der Waals surface area contributed by atoms with E-state index in [1.165, 1.54) is 30.4 Å². The molecule has 0 aromatic heterocycles. The minimum Gasteiger partial charge on any atom is -0.351 e. The van der Waals surface area contributed by atoms with E-state index in [1.807, 2.05) is 30.3 Å². The highest BCUT2D eigenvalue weighted by molar-refractivity contribution is 8.93. The van der Waals surface area contributed by atoms with Crippen molar-refractivity contribution in [3.05, 3.63) is 108 Å². The topological polar surface area (TPSA) is 32.3 Å². The third-order valence-corrected chi connectivity index (χ3v) is 8.67. The minimum atomic E-state index is -0.277. The first-order valence-corrected chi connectivity index (χ1v) is 12.7. The molecule has 2 fully saturated rings. The van der Waals surface area contributed by atoms with E-state index in [9.17, 15) is 4.79 Å². The van der Waals surface area contributed by atoms with Crippen LogP contribution >= 0.6 is 17.0 Å². The van der Waals surface area contributed by atoms with Crippen LogP contribution in [0.4, 0.5) is 0 Å². The Kier molecular flexibility index (Phi) is 8.13. The Hall–Kier alpha value is -2.43. The molecule has 1 amide bonds. The predicted molar refractivity (Wildman–Crippen MR) is 149 cm³/mol. The number of amides is 1. The number of carbonyl (C=O) groups excluding carboxylic acids is 1. The average molecular weight is 534 g/mol. The van der Waals surface area contributed by atoms with Crippen LogP contribution in [0.5, 0.6) is 0 Å². The summed E-state index contributed by atoms with van der Waals surface area (Å²) in [7, 11) is 2.32. The molecule has 2 aliphatic rings. The summed E-state index contributed by atoms with van der Waals surface area (Å²) in [6.07, 6.45) is 4.91. The van der Waals surface area contributed by atoms with E-state index in [2.05, 4.69) is 84.9 Å². The molecule has 4 atom stereocenters. The van der Waals surface area contributed by atoms with Gasteiger partial charge in [-0.3, -0.25) is 4.79 Å². The number of rotatable bonds is 7. The summed E-state index contributed by atoms with van der Waals surface area (Å²) in [6.45, 7) is 3.04. The normalized spacial score (nSPS) is 23.9. The second-order valence-electron chi connectivity index (χ2n) is 10.4. The van der Waals surface area contributed by atoms with Crippen molar-refractivity contribution in [1.82, 2.24) is 10.2 Å². The number of nitrogens with one attached hydrogen (secondary N) is 1. The van der Waals surface area contributed by atoms with Crippen molar-refractivity contribution in [2.24, 2.45) is 11.8 Å². The molecule has 184 valence electrons. The highest BCUT2D eigenvalue weighted by Crippen LogP contribution is 2.48. The number of benzene rings is 3. The Morgan fingerprint density at radius 2 is 1.43 bits per heavy atom. The SMILES string of the molecule is Br.CC1C(CC(CNC(=O)c2ccccc2)(c2ccccc2)c2ccccc2)CC2CCC1N2C. The van der Waals surface area contributed by atoms with E-state index in [0.29, 0.717) is 36.0 Å². The average Bonchev–Trinajstić information content (AvgIpc) is 3.17. The van der Waals surface area contributed by atoms with Gasteiger partial charge in [-0.05, 0) is 67.8 Å². The molecule has 2 saturated heterocycles. The van der Waals surface area contributed by atoms with Crippen molar-refractivity contribution in [1.29, 1.82) is 0 Å². The zero-order valence-corrected chi connectivity index (χ0v) is 22.5. The zero-order chi connectivity index (χ0) is 23.5. The first kappa shape index (κ1) is 25.7. The van der Waals surface area contributed by atoms with Gasteiger partial charge in [0.2, 0.25) is 0 Å². The molecular formula is C31H37BrN2O. The van der Waals surface area contributed by atoms with Crippen molar-refractivity contribution in [2.45, 2.75) is 50.1 Å². The standard InChI is InChI=1S/C31H36N2O.BrH/c1-23-25(20-28-18-19-29(23)33(28)2)21-31(26-14-8-4-9-15-26,27-16-10-5-11-17-27)22-32-30(34)24-12-6-3-7-13-24;/h3-17,23,25,28-29H,18-22H2,1-2H3,(H,32,34);1H. The Labute approximate surface area is 220 Å². The first-order chi connectivity index (χ1) is 16.6. The first-order valence-electron chi connectivity index (χ1n) is 12.7. The Morgan fingerprint density at radius 1 is 0.886 bits per heavy atom. The molecule has 3 nitrogen and oxygen atoms in total. The molecule has 4 heteroatoms. The highest BCUT2D eigenvalue weighted by Gasteiger charge is 2.47.